The van der Waals surface area contributed by atoms with E-state index in [9.17, 15) is 14.7 Å². The molecule has 1 aliphatic carbocycles. The zero-order chi connectivity index (χ0) is 18.2. The summed E-state index contributed by atoms with van der Waals surface area (Å²) in [5.41, 5.74) is 1.63. The Morgan fingerprint density at radius 1 is 1.32 bits per heavy atom. The van der Waals surface area contributed by atoms with Crippen molar-refractivity contribution >= 4 is 11.9 Å². The highest BCUT2D eigenvalue weighted by molar-refractivity contribution is 5.82. The van der Waals surface area contributed by atoms with Crippen molar-refractivity contribution in [2.45, 2.75) is 52.1 Å². The second kappa shape index (κ2) is 6.79. The van der Waals surface area contributed by atoms with Crippen LogP contribution in [0.15, 0.2) is 24.3 Å². The number of carbonyl (C=O) groups excluding carboxylic acids is 1. The van der Waals surface area contributed by atoms with Crippen LogP contribution in [-0.4, -0.2) is 41.0 Å². The SMILES string of the molecule is Cc1ccccc1C(C)NC(=O)C(C)N1C[C@@H]2CCC[C@@]2(C(=O)O)C1. The number of hydrogen-bond donors (Lipinski definition) is 2. The molecule has 1 heterocycles. The van der Waals surface area contributed by atoms with Gasteiger partial charge in [-0.3, -0.25) is 14.5 Å². The molecule has 1 saturated heterocycles. The van der Waals surface area contributed by atoms with Gasteiger partial charge in [-0.05, 0) is 50.7 Å². The maximum atomic E-state index is 12.7. The number of carboxylic acids is 1. The van der Waals surface area contributed by atoms with E-state index in [-0.39, 0.29) is 23.9 Å². The van der Waals surface area contributed by atoms with Crippen LogP contribution in [0.25, 0.3) is 0 Å². The fourth-order valence-electron chi connectivity index (χ4n) is 4.62. The molecule has 0 bridgehead atoms. The fourth-order valence-corrected chi connectivity index (χ4v) is 4.62. The summed E-state index contributed by atoms with van der Waals surface area (Å²) in [4.78, 5) is 26.6. The van der Waals surface area contributed by atoms with Crippen LogP contribution in [0, 0.1) is 18.3 Å². The zero-order valence-corrected chi connectivity index (χ0v) is 15.3. The Morgan fingerprint density at radius 2 is 2.04 bits per heavy atom. The van der Waals surface area contributed by atoms with Gasteiger partial charge in [0.1, 0.15) is 0 Å². The molecule has 3 rings (SSSR count). The molecular formula is C20H28N2O3. The van der Waals surface area contributed by atoms with Crippen LogP contribution >= 0.6 is 0 Å². The summed E-state index contributed by atoms with van der Waals surface area (Å²) in [6, 6.07) is 7.67. The van der Waals surface area contributed by atoms with E-state index in [0.29, 0.717) is 13.1 Å². The Morgan fingerprint density at radius 3 is 2.68 bits per heavy atom. The Kier molecular flexibility index (Phi) is 4.87. The second-order valence-electron chi connectivity index (χ2n) is 7.74. The lowest BCUT2D eigenvalue weighted by Crippen LogP contribution is -2.46. The maximum Gasteiger partial charge on any atom is 0.311 e. The van der Waals surface area contributed by atoms with Crippen molar-refractivity contribution in [3.05, 3.63) is 35.4 Å². The molecule has 2 unspecified atom stereocenters. The third-order valence-corrected chi connectivity index (χ3v) is 6.26. The largest absolute Gasteiger partial charge is 0.481 e. The van der Waals surface area contributed by atoms with Crippen molar-refractivity contribution in [2.24, 2.45) is 11.3 Å². The van der Waals surface area contributed by atoms with Crippen LogP contribution in [0.5, 0.6) is 0 Å². The summed E-state index contributed by atoms with van der Waals surface area (Å²) in [6.07, 6.45) is 2.67. The molecular weight excluding hydrogens is 316 g/mol. The van der Waals surface area contributed by atoms with Crippen LogP contribution in [-0.2, 0) is 9.59 Å². The lowest BCUT2D eigenvalue weighted by molar-refractivity contribution is -0.149. The molecule has 0 aromatic heterocycles. The van der Waals surface area contributed by atoms with Crippen molar-refractivity contribution in [2.75, 3.05) is 13.1 Å². The number of benzene rings is 1. The van der Waals surface area contributed by atoms with E-state index < -0.39 is 11.4 Å². The Hall–Kier alpha value is -1.88. The minimum atomic E-state index is -0.696. The van der Waals surface area contributed by atoms with Gasteiger partial charge in [0.15, 0.2) is 0 Å². The highest BCUT2D eigenvalue weighted by Gasteiger charge is 2.55. The molecule has 1 aromatic rings. The Labute approximate surface area is 149 Å². The summed E-state index contributed by atoms with van der Waals surface area (Å²) in [7, 11) is 0. The number of nitrogens with zero attached hydrogens (tertiary/aromatic N) is 1. The Bertz CT molecular complexity index is 675. The van der Waals surface area contributed by atoms with Crippen molar-refractivity contribution in [1.29, 1.82) is 0 Å². The van der Waals surface area contributed by atoms with Gasteiger partial charge in [-0.15, -0.1) is 0 Å². The van der Waals surface area contributed by atoms with E-state index in [1.165, 1.54) is 0 Å². The van der Waals surface area contributed by atoms with Crippen molar-refractivity contribution < 1.29 is 14.7 Å². The van der Waals surface area contributed by atoms with E-state index in [0.717, 1.165) is 30.4 Å². The molecule has 25 heavy (non-hydrogen) atoms. The van der Waals surface area contributed by atoms with E-state index in [1.54, 1.807) is 0 Å². The number of aryl methyl sites for hydroxylation is 1. The summed E-state index contributed by atoms with van der Waals surface area (Å²) >= 11 is 0. The van der Waals surface area contributed by atoms with Crippen molar-refractivity contribution in [3.63, 3.8) is 0 Å². The standard InChI is InChI=1S/C20H28N2O3/c1-13-7-4-5-9-17(13)14(2)21-18(23)15(3)22-11-16-8-6-10-20(16,12-22)19(24)25/h4-5,7,9,14-16H,6,8,10-12H2,1-3H3,(H,21,23)(H,24,25)/t14?,15?,16-,20+/m0/s1. The van der Waals surface area contributed by atoms with Gasteiger partial charge < -0.3 is 10.4 Å². The van der Waals surface area contributed by atoms with Crippen LogP contribution in [0.3, 0.4) is 0 Å². The molecule has 5 heteroatoms. The summed E-state index contributed by atoms with van der Waals surface area (Å²) < 4.78 is 0. The predicted molar refractivity (Wildman–Crippen MR) is 96.2 cm³/mol. The minimum Gasteiger partial charge on any atom is -0.481 e. The van der Waals surface area contributed by atoms with Gasteiger partial charge >= 0.3 is 5.97 Å². The average Bonchev–Trinajstić information content (AvgIpc) is 3.12. The predicted octanol–water partition coefficient (Wildman–Crippen LogP) is 2.75. The fraction of sp³-hybridized carbons (Fsp3) is 0.600. The molecule has 136 valence electrons. The first-order valence-corrected chi connectivity index (χ1v) is 9.18. The molecule has 2 N–H and O–H groups in total. The van der Waals surface area contributed by atoms with Gasteiger partial charge in [0.25, 0.3) is 0 Å². The van der Waals surface area contributed by atoms with Gasteiger partial charge in [-0.1, -0.05) is 30.7 Å². The average molecular weight is 344 g/mol. The monoisotopic (exact) mass is 344 g/mol. The minimum absolute atomic E-state index is 0.0312. The number of likely N-dealkylation sites (tertiary alicyclic amines) is 1. The highest BCUT2D eigenvalue weighted by atomic mass is 16.4. The number of carboxylic acid groups (broad SMARTS) is 1. The van der Waals surface area contributed by atoms with Gasteiger partial charge in [-0.25, -0.2) is 0 Å². The molecule has 1 saturated carbocycles. The number of nitrogens with one attached hydrogen (secondary N) is 1. The third-order valence-electron chi connectivity index (χ3n) is 6.26. The first-order chi connectivity index (χ1) is 11.8. The van der Waals surface area contributed by atoms with Gasteiger partial charge in [0.05, 0.1) is 17.5 Å². The number of amides is 1. The number of fused-ring (bicyclic) bond motifs is 1. The number of carbonyl (C=O) groups is 2. The smallest absolute Gasteiger partial charge is 0.311 e. The molecule has 4 atom stereocenters. The molecule has 1 aliphatic heterocycles. The third kappa shape index (κ3) is 3.17. The zero-order valence-electron chi connectivity index (χ0n) is 15.3. The molecule has 1 aromatic carbocycles. The highest BCUT2D eigenvalue weighted by Crippen LogP contribution is 2.49. The number of aliphatic carboxylic acids is 1. The first kappa shape index (κ1) is 17.9. The maximum absolute atomic E-state index is 12.7. The molecule has 2 aliphatic rings. The van der Waals surface area contributed by atoms with Gasteiger partial charge in [-0.2, -0.15) is 0 Å². The summed E-state index contributed by atoms with van der Waals surface area (Å²) in [5.74, 6) is -0.552. The van der Waals surface area contributed by atoms with Crippen LogP contribution in [0.1, 0.15) is 50.3 Å². The van der Waals surface area contributed by atoms with Crippen molar-refractivity contribution in [3.8, 4) is 0 Å². The topological polar surface area (TPSA) is 69.6 Å². The van der Waals surface area contributed by atoms with E-state index in [4.69, 9.17) is 0 Å². The van der Waals surface area contributed by atoms with E-state index in [2.05, 4.69) is 10.2 Å². The summed E-state index contributed by atoms with van der Waals surface area (Å²) in [5, 5.41) is 12.8. The number of hydrogen-bond acceptors (Lipinski definition) is 3. The number of rotatable bonds is 5. The van der Waals surface area contributed by atoms with Gasteiger partial charge in [0.2, 0.25) is 5.91 Å². The molecule has 2 fully saturated rings. The molecule has 0 radical (unpaired) electrons. The summed E-state index contributed by atoms with van der Waals surface area (Å²) in [6.45, 7) is 7.11. The second-order valence-corrected chi connectivity index (χ2v) is 7.74. The van der Waals surface area contributed by atoms with Crippen LogP contribution < -0.4 is 5.32 Å². The molecule has 1 amide bonds. The van der Waals surface area contributed by atoms with Crippen molar-refractivity contribution in [1.82, 2.24) is 10.2 Å². The van der Waals surface area contributed by atoms with E-state index >= 15 is 0 Å². The van der Waals surface area contributed by atoms with Crippen LogP contribution in [0.4, 0.5) is 0 Å². The molecule has 0 spiro atoms. The lowest BCUT2D eigenvalue weighted by atomic mass is 9.81. The quantitative estimate of drug-likeness (QED) is 0.862. The lowest BCUT2D eigenvalue weighted by Gasteiger charge is -2.28. The van der Waals surface area contributed by atoms with E-state index in [1.807, 2.05) is 45.0 Å². The molecule has 5 nitrogen and oxygen atoms in total. The Balaban J connectivity index is 1.66. The first-order valence-electron chi connectivity index (χ1n) is 9.18. The van der Waals surface area contributed by atoms with Gasteiger partial charge in [0, 0.05) is 13.1 Å². The normalized spacial score (nSPS) is 28.4. The van der Waals surface area contributed by atoms with Crippen LogP contribution in [0.2, 0.25) is 0 Å².